The second-order valence-electron chi connectivity index (χ2n) is 5.48. The Morgan fingerprint density at radius 1 is 1.21 bits per heavy atom. The third-order valence-corrected chi connectivity index (χ3v) is 3.92. The van der Waals surface area contributed by atoms with Crippen molar-refractivity contribution >= 4 is 12.4 Å². The van der Waals surface area contributed by atoms with E-state index in [1.807, 2.05) is 0 Å². The van der Waals surface area contributed by atoms with Crippen LogP contribution < -0.4 is 5.73 Å². The molecule has 1 aliphatic heterocycles. The minimum atomic E-state index is 0. The summed E-state index contributed by atoms with van der Waals surface area (Å²) in [5.74, 6) is 0.851. The van der Waals surface area contributed by atoms with Crippen molar-refractivity contribution in [3.05, 3.63) is 35.4 Å². The maximum Gasteiger partial charge on any atom is 0.0824 e. The molecule has 4 heteroatoms. The van der Waals surface area contributed by atoms with E-state index in [4.69, 9.17) is 10.5 Å². The minimum Gasteiger partial charge on any atom is -0.374 e. The Labute approximate surface area is 121 Å². The van der Waals surface area contributed by atoms with E-state index in [2.05, 4.69) is 29.2 Å². The molecule has 0 spiro atoms. The van der Waals surface area contributed by atoms with E-state index >= 15 is 0 Å². The highest BCUT2D eigenvalue weighted by molar-refractivity contribution is 5.85. The number of morpholine rings is 1. The molecule has 1 heterocycles. The van der Waals surface area contributed by atoms with Crippen molar-refractivity contribution in [3.8, 4) is 0 Å². The second-order valence-corrected chi connectivity index (χ2v) is 5.48. The van der Waals surface area contributed by atoms with Crippen LogP contribution in [0.5, 0.6) is 0 Å². The number of benzene rings is 1. The van der Waals surface area contributed by atoms with Crippen molar-refractivity contribution in [1.82, 2.24) is 4.90 Å². The van der Waals surface area contributed by atoms with Gasteiger partial charge >= 0.3 is 0 Å². The van der Waals surface area contributed by atoms with Crippen molar-refractivity contribution in [3.63, 3.8) is 0 Å². The van der Waals surface area contributed by atoms with Crippen molar-refractivity contribution < 1.29 is 4.74 Å². The van der Waals surface area contributed by atoms with E-state index in [-0.39, 0.29) is 18.5 Å². The van der Waals surface area contributed by atoms with Gasteiger partial charge in [-0.1, -0.05) is 24.3 Å². The fourth-order valence-corrected chi connectivity index (χ4v) is 2.64. The molecule has 3 rings (SSSR count). The highest BCUT2D eigenvalue weighted by Crippen LogP contribution is 2.39. The summed E-state index contributed by atoms with van der Waals surface area (Å²) in [6, 6.07) is 9.16. The normalized spacial score (nSPS) is 23.9. The van der Waals surface area contributed by atoms with Gasteiger partial charge < -0.3 is 10.5 Å². The third kappa shape index (κ3) is 3.93. The van der Waals surface area contributed by atoms with Crippen LogP contribution in [0, 0.1) is 0 Å². The molecule has 3 nitrogen and oxygen atoms in total. The van der Waals surface area contributed by atoms with Crippen molar-refractivity contribution in [2.75, 3.05) is 26.2 Å². The van der Waals surface area contributed by atoms with Crippen LogP contribution in [-0.2, 0) is 11.3 Å². The van der Waals surface area contributed by atoms with Crippen LogP contribution in [0.25, 0.3) is 0 Å². The summed E-state index contributed by atoms with van der Waals surface area (Å²) in [5.41, 5.74) is 8.58. The number of nitrogens with two attached hydrogens (primary N) is 1. The highest BCUT2D eigenvalue weighted by Gasteiger charge is 2.23. The molecule has 2 N–H and O–H groups in total. The molecule has 1 saturated carbocycles. The molecule has 1 aliphatic carbocycles. The molecule has 19 heavy (non-hydrogen) atoms. The monoisotopic (exact) mass is 282 g/mol. The lowest BCUT2D eigenvalue weighted by atomic mass is 10.1. The second kappa shape index (κ2) is 6.71. The molecule has 0 radical (unpaired) electrons. The molecule has 106 valence electrons. The van der Waals surface area contributed by atoms with Gasteiger partial charge in [0.2, 0.25) is 0 Å². The van der Waals surface area contributed by atoms with Crippen molar-refractivity contribution in [2.45, 2.75) is 31.4 Å². The standard InChI is InChI=1S/C15H22N2O.ClH/c16-9-15-11-17(7-8-18-15)10-12-1-3-13(4-2-12)14-5-6-14;/h1-4,14-15H,5-11,16H2;1H. The van der Waals surface area contributed by atoms with Crippen molar-refractivity contribution in [1.29, 1.82) is 0 Å². The Morgan fingerprint density at radius 2 is 1.95 bits per heavy atom. The van der Waals surface area contributed by atoms with Crippen LogP contribution >= 0.6 is 12.4 Å². The lowest BCUT2D eigenvalue weighted by molar-refractivity contribution is -0.0260. The first-order chi connectivity index (χ1) is 8.85. The first kappa shape index (κ1) is 14.8. The van der Waals surface area contributed by atoms with E-state index < -0.39 is 0 Å². The highest BCUT2D eigenvalue weighted by atomic mass is 35.5. The molecule has 1 unspecified atom stereocenters. The van der Waals surface area contributed by atoms with Gasteiger partial charge in [-0.15, -0.1) is 12.4 Å². The molecule has 2 aliphatic rings. The van der Waals surface area contributed by atoms with Crippen LogP contribution in [-0.4, -0.2) is 37.2 Å². The van der Waals surface area contributed by atoms with Crippen LogP contribution in [0.3, 0.4) is 0 Å². The van der Waals surface area contributed by atoms with E-state index in [1.165, 1.54) is 24.0 Å². The maximum atomic E-state index is 5.67. The Kier molecular flexibility index (Phi) is 5.22. The van der Waals surface area contributed by atoms with Gasteiger partial charge in [0.15, 0.2) is 0 Å². The first-order valence-corrected chi connectivity index (χ1v) is 6.98. The SMILES string of the molecule is Cl.NCC1CN(Cc2ccc(C3CC3)cc2)CCO1. The van der Waals surface area contributed by atoms with Gasteiger partial charge in [0, 0.05) is 26.2 Å². The van der Waals surface area contributed by atoms with E-state index in [0.29, 0.717) is 6.54 Å². The average Bonchev–Trinajstić information content (AvgIpc) is 3.24. The molecule has 1 atom stereocenters. The topological polar surface area (TPSA) is 38.5 Å². The van der Waals surface area contributed by atoms with Crippen LogP contribution in [0.15, 0.2) is 24.3 Å². The van der Waals surface area contributed by atoms with Gasteiger partial charge in [-0.2, -0.15) is 0 Å². The number of hydrogen-bond donors (Lipinski definition) is 1. The zero-order chi connectivity index (χ0) is 12.4. The molecule has 0 amide bonds. The number of hydrogen-bond acceptors (Lipinski definition) is 3. The molecule has 0 aromatic heterocycles. The molecule has 1 aromatic carbocycles. The van der Waals surface area contributed by atoms with Gasteiger partial charge in [-0.3, -0.25) is 4.90 Å². The third-order valence-electron chi connectivity index (χ3n) is 3.92. The summed E-state index contributed by atoms with van der Waals surface area (Å²) < 4.78 is 5.59. The fourth-order valence-electron chi connectivity index (χ4n) is 2.64. The van der Waals surface area contributed by atoms with E-state index in [0.717, 1.165) is 32.2 Å². The van der Waals surface area contributed by atoms with Gasteiger partial charge in [0.1, 0.15) is 0 Å². The number of halogens is 1. The van der Waals surface area contributed by atoms with Gasteiger partial charge in [-0.05, 0) is 29.9 Å². The lowest BCUT2D eigenvalue weighted by Gasteiger charge is -2.32. The zero-order valence-corrected chi connectivity index (χ0v) is 12.1. The Morgan fingerprint density at radius 3 is 2.58 bits per heavy atom. The summed E-state index contributed by atoms with van der Waals surface area (Å²) in [5, 5.41) is 0. The predicted octanol–water partition coefficient (Wildman–Crippen LogP) is 2.15. The lowest BCUT2D eigenvalue weighted by Crippen LogP contribution is -2.45. The summed E-state index contributed by atoms with van der Waals surface area (Å²) in [4.78, 5) is 2.44. The Balaban J connectivity index is 0.00000133. The van der Waals surface area contributed by atoms with Crippen LogP contribution in [0.2, 0.25) is 0 Å². The van der Waals surface area contributed by atoms with Crippen molar-refractivity contribution in [2.24, 2.45) is 5.73 Å². The number of rotatable bonds is 4. The largest absolute Gasteiger partial charge is 0.374 e. The van der Waals surface area contributed by atoms with Crippen LogP contribution in [0.1, 0.15) is 29.9 Å². The fraction of sp³-hybridized carbons (Fsp3) is 0.600. The Bertz CT molecular complexity index is 392. The van der Waals surface area contributed by atoms with E-state index in [9.17, 15) is 0 Å². The molecule has 0 bridgehead atoms. The van der Waals surface area contributed by atoms with Gasteiger partial charge in [-0.25, -0.2) is 0 Å². The maximum absolute atomic E-state index is 5.67. The summed E-state index contributed by atoms with van der Waals surface area (Å²) in [7, 11) is 0. The average molecular weight is 283 g/mol. The molecule has 1 saturated heterocycles. The molecular formula is C15H23ClN2O. The number of nitrogens with zero attached hydrogens (tertiary/aromatic N) is 1. The van der Waals surface area contributed by atoms with E-state index in [1.54, 1.807) is 0 Å². The summed E-state index contributed by atoms with van der Waals surface area (Å²) in [6.45, 7) is 4.42. The summed E-state index contributed by atoms with van der Waals surface area (Å²) in [6.07, 6.45) is 2.96. The number of ether oxygens (including phenoxy) is 1. The minimum absolute atomic E-state index is 0. The molecule has 2 fully saturated rings. The molecular weight excluding hydrogens is 260 g/mol. The quantitative estimate of drug-likeness (QED) is 0.920. The predicted molar refractivity (Wildman–Crippen MR) is 79.7 cm³/mol. The molecule has 1 aromatic rings. The smallest absolute Gasteiger partial charge is 0.0824 e. The first-order valence-electron chi connectivity index (χ1n) is 6.98. The summed E-state index contributed by atoms with van der Waals surface area (Å²) >= 11 is 0. The van der Waals surface area contributed by atoms with Crippen LogP contribution in [0.4, 0.5) is 0 Å². The van der Waals surface area contributed by atoms with Gasteiger partial charge in [0.05, 0.1) is 12.7 Å². The zero-order valence-electron chi connectivity index (χ0n) is 11.3. The Hall–Kier alpha value is -0.610. The van der Waals surface area contributed by atoms with Gasteiger partial charge in [0.25, 0.3) is 0 Å².